The molecule has 0 radical (unpaired) electrons. The smallest absolute Gasteiger partial charge is 0.407 e. The van der Waals surface area contributed by atoms with E-state index in [9.17, 15) is 23.4 Å². The topological polar surface area (TPSA) is 125 Å². The first kappa shape index (κ1) is 27.4. The Morgan fingerprint density at radius 3 is 2.43 bits per heavy atom. The number of rotatable bonds is 11. The molecule has 2 aromatic carbocycles. The molecule has 1 aliphatic heterocycles. The van der Waals surface area contributed by atoms with E-state index in [-0.39, 0.29) is 35.8 Å². The molecule has 1 amide bonds. The van der Waals surface area contributed by atoms with E-state index in [1.807, 2.05) is 30.3 Å². The zero-order chi connectivity index (χ0) is 26.3. The van der Waals surface area contributed by atoms with Crippen LogP contribution in [-0.4, -0.2) is 73.6 Å². The number of carbonyl (C=O) groups excluding carboxylic acids is 1. The number of benzene rings is 2. The molecule has 0 spiro atoms. The van der Waals surface area contributed by atoms with Crippen LogP contribution in [0, 0.1) is 5.92 Å². The second-order valence-corrected chi connectivity index (χ2v) is 11.8. The Morgan fingerprint density at radius 1 is 1.08 bits per heavy atom. The summed E-state index contributed by atoms with van der Waals surface area (Å²) in [4.78, 5) is 12.7. The Kier molecular flexibility index (Phi) is 9.42. The molecule has 4 rings (SSSR count). The number of sulfonamides is 1. The lowest BCUT2D eigenvalue weighted by molar-refractivity contribution is 0.0641. The highest BCUT2D eigenvalue weighted by Gasteiger charge is 2.33. The molecule has 0 bridgehead atoms. The van der Waals surface area contributed by atoms with Crippen molar-refractivity contribution in [2.45, 2.75) is 61.7 Å². The molecule has 1 aliphatic carbocycles. The van der Waals surface area contributed by atoms with Crippen LogP contribution >= 0.6 is 0 Å². The van der Waals surface area contributed by atoms with E-state index in [0.29, 0.717) is 26.1 Å². The second-order valence-electron chi connectivity index (χ2n) is 9.87. The van der Waals surface area contributed by atoms with Gasteiger partial charge in [-0.2, -0.15) is 4.31 Å². The average Bonchev–Trinajstić information content (AvgIpc) is 3.58. The van der Waals surface area contributed by atoms with Crippen molar-refractivity contribution >= 4 is 16.1 Å². The normalized spacial score (nSPS) is 20.1. The van der Waals surface area contributed by atoms with Crippen LogP contribution in [0.25, 0.3) is 0 Å². The Labute approximate surface area is 218 Å². The summed E-state index contributed by atoms with van der Waals surface area (Å²) in [6.45, 7) is 0.949. The third kappa shape index (κ3) is 7.67. The number of phenolic OH excluding ortho intramolecular Hbond substituents is 1. The first-order valence-corrected chi connectivity index (χ1v) is 14.3. The summed E-state index contributed by atoms with van der Waals surface area (Å²) in [6, 6.07) is 14.0. The lowest BCUT2D eigenvalue weighted by Crippen LogP contribution is -2.51. The fraction of sp³-hybridized carbons (Fsp3) is 0.519. The van der Waals surface area contributed by atoms with E-state index in [0.717, 1.165) is 31.2 Å². The van der Waals surface area contributed by atoms with Gasteiger partial charge < -0.3 is 25.0 Å². The fourth-order valence-corrected chi connectivity index (χ4v) is 6.48. The number of ether oxygens (including phenoxy) is 2. The molecule has 1 saturated heterocycles. The monoisotopic (exact) mass is 532 g/mol. The molecule has 2 aliphatic rings. The van der Waals surface area contributed by atoms with Gasteiger partial charge in [0, 0.05) is 19.5 Å². The van der Waals surface area contributed by atoms with Crippen molar-refractivity contribution in [3.63, 3.8) is 0 Å². The zero-order valence-corrected chi connectivity index (χ0v) is 21.7. The maximum Gasteiger partial charge on any atom is 0.407 e. The Morgan fingerprint density at radius 2 is 1.78 bits per heavy atom. The number of aliphatic hydroxyl groups excluding tert-OH is 1. The fourth-order valence-electron chi connectivity index (χ4n) is 4.95. The maximum atomic E-state index is 13.6. The minimum absolute atomic E-state index is 0.0281. The summed E-state index contributed by atoms with van der Waals surface area (Å²) >= 11 is 0. The van der Waals surface area contributed by atoms with Crippen molar-refractivity contribution in [2.24, 2.45) is 5.92 Å². The quantitative estimate of drug-likeness (QED) is 0.406. The summed E-state index contributed by atoms with van der Waals surface area (Å²) in [7, 11) is -3.95. The van der Waals surface area contributed by atoms with E-state index in [1.165, 1.54) is 28.6 Å². The number of nitrogens with one attached hydrogen (secondary N) is 1. The van der Waals surface area contributed by atoms with E-state index in [4.69, 9.17) is 9.47 Å². The molecule has 3 N–H and O–H groups in total. The number of hydrogen-bond acceptors (Lipinski definition) is 7. The number of alkyl carbamates (subject to hydrolysis) is 1. The number of aliphatic hydroxyl groups is 1. The van der Waals surface area contributed by atoms with Crippen molar-refractivity contribution in [2.75, 3.05) is 26.3 Å². The van der Waals surface area contributed by atoms with Crippen molar-refractivity contribution in [3.05, 3.63) is 60.2 Å². The summed E-state index contributed by atoms with van der Waals surface area (Å²) in [5.74, 6) is 0.173. The molecule has 2 aromatic rings. The van der Waals surface area contributed by atoms with Gasteiger partial charge >= 0.3 is 6.09 Å². The lowest BCUT2D eigenvalue weighted by atomic mass is 10.0. The van der Waals surface area contributed by atoms with Crippen LogP contribution in [0.15, 0.2) is 59.5 Å². The van der Waals surface area contributed by atoms with E-state index >= 15 is 0 Å². The van der Waals surface area contributed by atoms with Crippen LogP contribution in [0.4, 0.5) is 4.79 Å². The molecule has 202 valence electrons. The van der Waals surface area contributed by atoms with Crippen LogP contribution in [0.5, 0.6) is 5.75 Å². The summed E-state index contributed by atoms with van der Waals surface area (Å²) < 4.78 is 39.2. The highest BCUT2D eigenvalue weighted by molar-refractivity contribution is 7.89. The molecular formula is C27H36N2O7S. The van der Waals surface area contributed by atoms with Crippen molar-refractivity contribution in [1.82, 2.24) is 9.62 Å². The van der Waals surface area contributed by atoms with E-state index < -0.39 is 28.3 Å². The molecule has 1 heterocycles. The van der Waals surface area contributed by atoms with Gasteiger partial charge in [0.15, 0.2) is 0 Å². The summed E-state index contributed by atoms with van der Waals surface area (Å²) in [5.41, 5.74) is 0.889. The van der Waals surface area contributed by atoms with Crippen LogP contribution in [0.1, 0.15) is 37.7 Å². The van der Waals surface area contributed by atoms with Gasteiger partial charge in [0.2, 0.25) is 10.0 Å². The number of nitrogens with zero attached hydrogens (tertiary/aromatic N) is 1. The molecule has 2 fully saturated rings. The van der Waals surface area contributed by atoms with Gasteiger partial charge in [-0.3, -0.25) is 0 Å². The number of carbonyl (C=O) groups is 1. The Balaban J connectivity index is 1.53. The first-order chi connectivity index (χ1) is 17.8. The van der Waals surface area contributed by atoms with Crippen molar-refractivity contribution in [1.29, 1.82) is 0 Å². The van der Waals surface area contributed by atoms with Gasteiger partial charge in [0.25, 0.3) is 0 Å². The standard InChI is InChI=1S/C27H36N2O7S/c30-22-10-12-24(13-11-22)37(33,34)29(17-21-8-4-5-9-21)18-26(31)25(16-20-6-2-1-3-7-20)28-27(32)36-23-14-15-35-19-23/h1-3,6-7,10-13,21,23,25-26,30-31H,4-5,8-9,14-19H2,(H,28,32)/t23-,25?,26-/m0/s1. The number of amides is 1. The van der Waals surface area contributed by atoms with Crippen LogP contribution in [-0.2, 0) is 25.9 Å². The molecule has 1 saturated carbocycles. The number of phenols is 1. The third-order valence-corrected chi connectivity index (χ3v) is 8.88. The van der Waals surface area contributed by atoms with Crippen LogP contribution < -0.4 is 5.32 Å². The summed E-state index contributed by atoms with van der Waals surface area (Å²) in [6.07, 6.45) is 2.67. The molecule has 1 unspecified atom stereocenters. The van der Waals surface area contributed by atoms with Gasteiger partial charge in [0.05, 0.1) is 30.3 Å². The van der Waals surface area contributed by atoms with Crippen LogP contribution in [0.2, 0.25) is 0 Å². The highest BCUT2D eigenvalue weighted by Crippen LogP contribution is 2.28. The predicted octanol–water partition coefficient (Wildman–Crippen LogP) is 3.06. The lowest BCUT2D eigenvalue weighted by Gasteiger charge is -2.31. The number of aromatic hydroxyl groups is 1. The van der Waals surface area contributed by atoms with Gasteiger partial charge in [-0.1, -0.05) is 43.2 Å². The van der Waals surface area contributed by atoms with Crippen molar-refractivity contribution in [3.8, 4) is 5.75 Å². The van der Waals surface area contributed by atoms with Gasteiger partial charge in [-0.15, -0.1) is 0 Å². The molecule has 9 nitrogen and oxygen atoms in total. The van der Waals surface area contributed by atoms with Gasteiger partial charge in [0.1, 0.15) is 11.9 Å². The maximum absolute atomic E-state index is 13.6. The molecule has 3 atom stereocenters. The summed E-state index contributed by atoms with van der Waals surface area (Å²) in [5, 5.41) is 23.7. The third-order valence-electron chi connectivity index (χ3n) is 7.03. The Hall–Kier alpha value is -2.66. The van der Waals surface area contributed by atoms with E-state index in [2.05, 4.69) is 5.32 Å². The minimum Gasteiger partial charge on any atom is -0.508 e. The largest absolute Gasteiger partial charge is 0.508 e. The second kappa shape index (κ2) is 12.7. The predicted molar refractivity (Wildman–Crippen MR) is 138 cm³/mol. The molecule has 10 heteroatoms. The highest BCUT2D eigenvalue weighted by atomic mass is 32.2. The van der Waals surface area contributed by atoms with Gasteiger partial charge in [-0.05, 0) is 55.0 Å². The average molecular weight is 533 g/mol. The first-order valence-electron chi connectivity index (χ1n) is 12.9. The molecule has 37 heavy (non-hydrogen) atoms. The Bertz CT molecular complexity index is 1100. The SMILES string of the molecule is O=C(NC(Cc1ccccc1)[C@@H](O)CN(CC1CCCC1)S(=O)(=O)c1ccc(O)cc1)O[C@H]1CCOC1. The molecule has 0 aromatic heterocycles. The van der Waals surface area contributed by atoms with E-state index in [1.54, 1.807) is 0 Å². The van der Waals surface area contributed by atoms with Gasteiger partial charge in [-0.25, -0.2) is 13.2 Å². The van der Waals surface area contributed by atoms with Crippen LogP contribution in [0.3, 0.4) is 0 Å². The van der Waals surface area contributed by atoms with Crippen molar-refractivity contribution < 1.29 is 32.9 Å². The zero-order valence-electron chi connectivity index (χ0n) is 20.9. The minimum atomic E-state index is -3.95. The molecular weight excluding hydrogens is 496 g/mol. The number of hydrogen-bond donors (Lipinski definition) is 3.